The number of carboxylic acids is 1. The van der Waals surface area contributed by atoms with Crippen LogP contribution in [0, 0.1) is 6.92 Å². The summed E-state index contributed by atoms with van der Waals surface area (Å²) in [6, 6.07) is 38.0. The average Bonchev–Trinajstić information content (AvgIpc) is 3.11. The van der Waals surface area contributed by atoms with Gasteiger partial charge in [-0.1, -0.05) is 121 Å². The highest BCUT2D eigenvalue weighted by atomic mass is 32.2. The molecule has 49 heavy (non-hydrogen) atoms. The quantitative estimate of drug-likeness (QED) is 0.134. The third-order valence-electron chi connectivity index (χ3n) is 7.93. The molecule has 0 aliphatic carbocycles. The third-order valence-corrected chi connectivity index (χ3v) is 9.26. The molecule has 0 fully saturated rings. The molecule has 0 aliphatic rings. The van der Waals surface area contributed by atoms with Gasteiger partial charge in [-0.15, -0.1) is 0 Å². The lowest BCUT2D eigenvalue weighted by atomic mass is 10.0. The first kappa shape index (κ1) is 34.7. The zero-order valence-electron chi connectivity index (χ0n) is 26.8. The summed E-state index contributed by atoms with van der Waals surface area (Å²) in [4.78, 5) is 41.7. The van der Waals surface area contributed by atoms with Crippen LogP contribution in [0.15, 0.2) is 144 Å². The summed E-state index contributed by atoms with van der Waals surface area (Å²) in [5.74, 6) is -2.52. The van der Waals surface area contributed by atoms with Crippen LogP contribution in [0.1, 0.15) is 49.1 Å². The fraction of sp³-hybridized carbons (Fsp3) is 0.154. The highest BCUT2D eigenvalue weighted by Gasteiger charge is 2.32. The van der Waals surface area contributed by atoms with Crippen molar-refractivity contribution in [3.8, 4) is 0 Å². The van der Waals surface area contributed by atoms with Crippen LogP contribution in [-0.4, -0.2) is 48.8 Å². The van der Waals surface area contributed by atoms with Gasteiger partial charge >= 0.3 is 5.97 Å². The molecule has 0 spiro atoms. The van der Waals surface area contributed by atoms with Crippen molar-refractivity contribution in [1.82, 2.24) is 10.2 Å². The Morgan fingerprint density at radius 1 is 0.714 bits per heavy atom. The molecule has 2 amide bonds. The molecule has 0 saturated carbocycles. The van der Waals surface area contributed by atoms with Crippen LogP contribution >= 0.6 is 0 Å². The van der Waals surface area contributed by atoms with Crippen LogP contribution in [0.3, 0.4) is 0 Å². The summed E-state index contributed by atoms with van der Waals surface area (Å²) in [5.41, 5.74) is 2.64. The van der Waals surface area contributed by atoms with Crippen LogP contribution in [0.2, 0.25) is 0 Å². The number of nitrogens with zero attached hydrogens (tertiary/aromatic N) is 1. The Morgan fingerprint density at radius 3 is 1.84 bits per heavy atom. The van der Waals surface area contributed by atoms with E-state index in [0.29, 0.717) is 5.56 Å². The van der Waals surface area contributed by atoms with E-state index in [4.69, 9.17) is 4.18 Å². The van der Waals surface area contributed by atoms with E-state index in [1.54, 1.807) is 48.5 Å². The summed E-state index contributed by atoms with van der Waals surface area (Å²) in [7, 11) is -4.27. The number of hydrogen-bond acceptors (Lipinski definition) is 6. The lowest BCUT2D eigenvalue weighted by molar-refractivity contribution is -0.135. The Kier molecular flexibility index (Phi) is 11.4. The highest BCUT2D eigenvalue weighted by Crippen LogP contribution is 2.27. The number of aromatic carboxylic acids is 1. The van der Waals surface area contributed by atoms with Crippen molar-refractivity contribution in [1.29, 1.82) is 0 Å². The maximum absolute atomic E-state index is 14.7. The van der Waals surface area contributed by atoms with E-state index in [-0.39, 0.29) is 35.5 Å². The maximum Gasteiger partial charge on any atom is 0.336 e. The molecule has 0 aromatic heterocycles. The maximum atomic E-state index is 14.7. The summed E-state index contributed by atoms with van der Waals surface area (Å²) in [6.07, 6.45) is -1.02. The van der Waals surface area contributed by atoms with Crippen molar-refractivity contribution in [2.45, 2.75) is 36.9 Å². The summed E-state index contributed by atoms with van der Waals surface area (Å²) < 4.78 is 33.0. The van der Waals surface area contributed by atoms with E-state index < -0.39 is 40.0 Å². The van der Waals surface area contributed by atoms with Crippen LogP contribution in [0.25, 0.3) is 0 Å². The van der Waals surface area contributed by atoms with E-state index in [9.17, 15) is 27.9 Å². The SMILES string of the molecule is Cc1ccc(S(=O)(=O)OC(CN(Cc2ccccc2)C(=O)C(Cc2ccccc2)NC(=O)c2ccccc2C(=O)O)c2ccccc2)cc1. The molecule has 0 radical (unpaired) electrons. The van der Waals surface area contributed by atoms with Gasteiger partial charge in [0.1, 0.15) is 12.1 Å². The van der Waals surface area contributed by atoms with Crippen molar-refractivity contribution in [3.63, 3.8) is 0 Å². The first-order chi connectivity index (χ1) is 23.6. The molecule has 10 heteroatoms. The average molecular weight is 677 g/mol. The molecule has 0 aliphatic heterocycles. The van der Waals surface area contributed by atoms with Crippen molar-refractivity contribution < 1.29 is 32.1 Å². The summed E-state index contributed by atoms with van der Waals surface area (Å²) in [6.45, 7) is 1.74. The van der Waals surface area contributed by atoms with Gasteiger partial charge < -0.3 is 15.3 Å². The van der Waals surface area contributed by atoms with Crippen molar-refractivity contribution in [3.05, 3.63) is 173 Å². The fourth-order valence-corrected chi connectivity index (χ4v) is 6.44. The zero-order valence-corrected chi connectivity index (χ0v) is 27.6. The van der Waals surface area contributed by atoms with Gasteiger partial charge in [0.05, 0.1) is 22.6 Å². The molecule has 0 bridgehead atoms. The van der Waals surface area contributed by atoms with Crippen LogP contribution in [0.5, 0.6) is 0 Å². The molecule has 0 heterocycles. The van der Waals surface area contributed by atoms with Crippen molar-refractivity contribution in [2.24, 2.45) is 0 Å². The number of aryl methyl sites for hydroxylation is 1. The monoisotopic (exact) mass is 676 g/mol. The predicted molar refractivity (Wildman–Crippen MR) is 185 cm³/mol. The zero-order chi connectivity index (χ0) is 34.8. The standard InChI is InChI=1S/C39H36N2O7S/c1-28-21-23-32(24-22-28)49(46,47)48-36(31-17-9-4-10-18-31)27-41(26-30-15-7-3-8-16-30)38(43)35(25-29-13-5-2-6-14-29)40-37(42)33-19-11-12-20-34(33)39(44)45/h2-24,35-36H,25-27H2,1H3,(H,40,42)(H,44,45). The molecular formula is C39H36N2O7S. The molecule has 5 aromatic rings. The fourth-order valence-electron chi connectivity index (χ4n) is 5.38. The Morgan fingerprint density at radius 2 is 1.24 bits per heavy atom. The van der Waals surface area contributed by atoms with Crippen LogP contribution in [0.4, 0.5) is 0 Å². The number of carboxylic acid groups (broad SMARTS) is 1. The third kappa shape index (κ3) is 9.28. The highest BCUT2D eigenvalue weighted by molar-refractivity contribution is 7.86. The minimum Gasteiger partial charge on any atom is -0.478 e. The van der Waals surface area contributed by atoms with Crippen molar-refractivity contribution >= 4 is 27.9 Å². The first-order valence-corrected chi connectivity index (χ1v) is 17.1. The lowest BCUT2D eigenvalue weighted by Gasteiger charge is -2.31. The number of hydrogen-bond donors (Lipinski definition) is 2. The second-order valence-corrected chi connectivity index (χ2v) is 13.1. The summed E-state index contributed by atoms with van der Waals surface area (Å²) in [5, 5.41) is 12.5. The number of carbonyl (C=O) groups is 3. The largest absolute Gasteiger partial charge is 0.478 e. The van der Waals surface area contributed by atoms with Gasteiger partial charge in [0.15, 0.2) is 0 Å². The van der Waals surface area contributed by atoms with E-state index in [1.165, 1.54) is 35.2 Å². The van der Waals surface area contributed by atoms with E-state index in [0.717, 1.165) is 16.7 Å². The van der Waals surface area contributed by atoms with Gasteiger partial charge in [-0.25, -0.2) is 4.79 Å². The molecule has 2 N–H and O–H groups in total. The molecule has 2 atom stereocenters. The van der Waals surface area contributed by atoms with Gasteiger partial charge in [0.2, 0.25) is 5.91 Å². The first-order valence-electron chi connectivity index (χ1n) is 15.7. The second-order valence-electron chi connectivity index (χ2n) is 11.5. The van der Waals surface area contributed by atoms with Gasteiger partial charge in [-0.2, -0.15) is 8.42 Å². The minimum absolute atomic E-state index is 0.0220. The molecule has 5 rings (SSSR count). The summed E-state index contributed by atoms with van der Waals surface area (Å²) >= 11 is 0. The Bertz CT molecular complexity index is 1990. The molecule has 0 saturated heterocycles. The van der Waals surface area contributed by atoms with Crippen LogP contribution < -0.4 is 5.32 Å². The Labute approximate surface area is 285 Å². The Balaban J connectivity index is 1.53. The second kappa shape index (κ2) is 16.0. The Hall–Kier alpha value is -5.58. The number of benzene rings is 5. The molecule has 9 nitrogen and oxygen atoms in total. The van der Waals surface area contributed by atoms with Gasteiger partial charge in [-0.05, 0) is 47.9 Å². The number of nitrogens with one attached hydrogen (secondary N) is 1. The van der Waals surface area contributed by atoms with Gasteiger partial charge in [-0.3, -0.25) is 13.8 Å². The number of carbonyl (C=O) groups excluding carboxylic acids is 2. The van der Waals surface area contributed by atoms with E-state index in [1.807, 2.05) is 67.6 Å². The minimum atomic E-state index is -4.27. The normalized spacial score (nSPS) is 12.4. The van der Waals surface area contributed by atoms with E-state index >= 15 is 0 Å². The predicted octanol–water partition coefficient (Wildman–Crippen LogP) is 6.21. The topological polar surface area (TPSA) is 130 Å². The smallest absolute Gasteiger partial charge is 0.336 e. The van der Waals surface area contributed by atoms with Crippen molar-refractivity contribution in [2.75, 3.05) is 6.54 Å². The lowest BCUT2D eigenvalue weighted by Crippen LogP contribution is -2.50. The molecule has 250 valence electrons. The number of rotatable bonds is 14. The van der Waals surface area contributed by atoms with E-state index in [2.05, 4.69) is 5.32 Å². The van der Waals surface area contributed by atoms with Gasteiger partial charge in [0, 0.05) is 13.0 Å². The molecular weight excluding hydrogens is 641 g/mol. The molecule has 2 unspecified atom stereocenters. The molecule has 5 aromatic carbocycles. The van der Waals surface area contributed by atoms with Crippen LogP contribution in [-0.2, 0) is 32.1 Å². The van der Waals surface area contributed by atoms with Gasteiger partial charge in [0.25, 0.3) is 16.0 Å². The number of amides is 2.